The van der Waals surface area contributed by atoms with Gasteiger partial charge in [0.15, 0.2) is 0 Å². The molecule has 1 N–H and O–H groups in total. The van der Waals surface area contributed by atoms with Gasteiger partial charge in [0.2, 0.25) is 5.91 Å². The van der Waals surface area contributed by atoms with Crippen molar-refractivity contribution in [3.8, 4) is 11.5 Å². The molecule has 2 aromatic carbocycles. The molecule has 6 nitrogen and oxygen atoms in total. The topological polar surface area (TPSA) is 67.9 Å². The van der Waals surface area contributed by atoms with Crippen molar-refractivity contribution in [1.29, 1.82) is 0 Å². The molecule has 0 atom stereocenters. The number of amides is 2. The Labute approximate surface area is 153 Å². The molecule has 138 valence electrons. The zero-order chi connectivity index (χ0) is 18.9. The van der Waals surface area contributed by atoms with Gasteiger partial charge in [-0.1, -0.05) is 31.2 Å². The van der Waals surface area contributed by atoms with Gasteiger partial charge in [0.1, 0.15) is 18.0 Å². The summed E-state index contributed by atoms with van der Waals surface area (Å²) in [6, 6.07) is 14.1. The van der Waals surface area contributed by atoms with E-state index in [0.29, 0.717) is 29.3 Å². The monoisotopic (exact) mass is 356 g/mol. The third kappa shape index (κ3) is 4.75. The van der Waals surface area contributed by atoms with Gasteiger partial charge in [-0.15, -0.1) is 0 Å². The maximum atomic E-state index is 12.9. The number of carbonyl (C=O) groups is 2. The molecule has 2 aromatic rings. The Bertz CT molecular complexity index is 761. The van der Waals surface area contributed by atoms with Crippen molar-refractivity contribution in [2.24, 2.45) is 0 Å². The molecule has 0 spiro atoms. The van der Waals surface area contributed by atoms with Crippen LogP contribution in [-0.4, -0.2) is 44.0 Å². The number of ether oxygens (including phenoxy) is 2. The van der Waals surface area contributed by atoms with Crippen molar-refractivity contribution in [3.05, 3.63) is 54.1 Å². The molecule has 0 aliphatic heterocycles. The Morgan fingerprint density at radius 1 is 0.962 bits per heavy atom. The third-order valence-electron chi connectivity index (χ3n) is 3.83. The van der Waals surface area contributed by atoms with Crippen molar-refractivity contribution in [3.63, 3.8) is 0 Å². The number of para-hydroxylation sites is 3. The van der Waals surface area contributed by atoms with E-state index in [4.69, 9.17) is 9.47 Å². The van der Waals surface area contributed by atoms with Gasteiger partial charge in [0.05, 0.1) is 25.5 Å². The fraction of sp³-hybridized carbons (Fsp3) is 0.300. The summed E-state index contributed by atoms with van der Waals surface area (Å²) in [5.41, 5.74) is 1.01. The van der Waals surface area contributed by atoms with Crippen molar-refractivity contribution < 1.29 is 19.1 Å². The van der Waals surface area contributed by atoms with Gasteiger partial charge in [0, 0.05) is 6.54 Å². The van der Waals surface area contributed by atoms with E-state index in [-0.39, 0.29) is 18.4 Å². The number of hydrogen-bond acceptors (Lipinski definition) is 4. The van der Waals surface area contributed by atoms with Gasteiger partial charge in [-0.3, -0.25) is 9.59 Å². The Morgan fingerprint density at radius 3 is 2.23 bits per heavy atom. The minimum Gasteiger partial charge on any atom is -0.496 e. The lowest BCUT2D eigenvalue weighted by molar-refractivity contribution is -0.116. The molecule has 0 unspecified atom stereocenters. The molecular formula is C20H24N2O4. The lowest BCUT2D eigenvalue weighted by Gasteiger charge is -2.23. The van der Waals surface area contributed by atoms with Crippen LogP contribution in [0.1, 0.15) is 23.7 Å². The number of methoxy groups -OCH3 is 2. The van der Waals surface area contributed by atoms with Gasteiger partial charge in [-0.25, -0.2) is 0 Å². The van der Waals surface area contributed by atoms with Crippen LogP contribution in [0.3, 0.4) is 0 Å². The van der Waals surface area contributed by atoms with E-state index in [2.05, 4.69) is 5.32 Å². The first kappa shape index (κ1) is 19.3. The lowest BCUT2D eigenvalue weighted by Crippen LogP contribution is -2.38. The summed E-state index contributed by atoms with van der Waals surface area (Å²) in [5, 5.41) is 2.80. The first-order valence-electron chi connectivity index (χ1n) is 8.45. The third-order valence-corrected chi connectivity index (χ3v) is 3.83. The van der Waals surface area contributed by atoms with Crippen LogP contribution in [0.2, 0.25) is 0 Å². The molecule has 0 saturated carbocycles. The number of rotatable bonds is 8. The molecular weight excluding hydrogens is 332 g/mol. The fourth-order valence-corrected chi connectivity index (χ4v) is 2.62. The highest BCUT2D eigenvalue weighted by atomic mass is 16.5. The van der Waals surface area contributed by atoms with E-state index in [1.54, 1.807) is 43.5 Å². The van der Waals surface area contributed by atoms with E-state index < -0.39 is 0 Å². The van der Waals surface area contributed by atoms with Crippen molar-refractivity contribution in [2.75, 3.05) is 32.6 Å². The number of nitrogens with zero attached hydrogens (tertiary/aromatic N) is 1. The van der Waals surface area contributed by atoms with Crippen molar-refractivity contribution in [1.82, 2.24) is 4.90 Å². The standard InChI is InChI=1S/C20H24N2O4/c1-4-13-22(20(24)15-9-5-7-11-17(15)25-2)14-19(23)21-16-10-6-8-12-18(16)26-3/h5-12H,4,13-14H2,1-3H3,(H,21,23). The summed E-state index contributed by atoms with van der Waals surface area (Å²) in [6.07, 6.45) is 0.739. The van der Waals surface area contributed by atoms with Crippen LogP contribution in [0.15, 0.2) is 48.5 Å². The molecule has 6 heteroatoms. The van der Waals surface area contributed by atoms with Crippen LogP contribution < -0.4 is 14.8 Å². The average molecular weight is 356 g/mol. The minimum atomic E-state index is -0.286. The smallest absolute Gasteiger partial charge is 0.258 e. The Morgan fingerprint density at radius 2 is 1.58 bits per heavy atom. The second-order valence-electron chi connectivity index (χ2n) is 5.68. The maximum Gasteiger partial charge on any atom is 0.258 e. The normalized spacial score (nSPS) is 10.1. The average Bonchev–Trinajstić information content (AvgIpc) is 2.67. The molecule has 0 saturated heterocycles. The Balaban J connectivity index is 2.14. The molecule has 0 bridgehead atoms. The van der Waals surface area contributed by atoms with Gasteiger partial charge in [-0.05, 0) is 30.7 Å². The van der Waals surface area contributed by atoms with E-state index in [9.17, 15) is 9.59 Å². The van der Waals surface area contributed by atoms with Crippen molar-refractivity contribution in [2.45, 2.75) is 13.3 Å². The number of anilines is 1. The first-order chi connectivity index (χ1) is 12.6. The summed E-state index contributed by atoms with van der Waals surface area (Å²) in [4.78, 5) is 26.8. The summed E-state index contributed by atoms with van der Waals surface area (Å²) < 4.78 is 10.5. The molecule has 0 fully saturated rings. The van der Waals surface area contributed by atoms with Crippen LogP contribution in [-0.2, 0) is 4.79 Å². The zero-order valence-electron chi connectivity index (χ0n) is 15.3. The molecule has 0 heterocycles. The summed E-state index contributed by atoms with van der Waals surface area (Å²) in [5.74, 6) is 0.536. The number of nitrogens with one attached hydrogen (secondary N) is 1. The molecule has 0 aliphatic rings. The van der Waals surface area contributed by atoms with E-state index in [0.717, 1.165) is 6.42 Å². The van der Waals surface area contributed by atoms with Gasteiger partial charge in [0.25, 0.3) is 5.91 Å². The number of benzene rings is 2. The Hall–Kier alpha value is -3.02. The summed E-state index contributed by atoms with van der Waals surface area (Å²) in [6.45, 7) is 2.37. The van der Waals surface area contributed by atoms with Crippen LogP contribution >= 0.6 is 0 Å². The molecule has 2 amide bonds. The second-order valence-corrected chi connectivity index (χ2v) is 5.68. The maximum absolute atomic E-state index is 12.9. The van der Waals surface area contributed by atoms with Gasteiger partial charge >= 0.3 is 0 Å². The molecule has 2 rings (SSSR count). The number of carbonyl (C=O) groups excluding carboxylic acids is 2. The number of hydrogen-bond donors (Lipinski definition) is 1. The highest BCUT2D eigenvalue weighted by molar-refractivity contribution is 6.01. The van der Waals surface area contributed by atoms with E-state index in [1.165, 1.54) is 12.0 Å². The van der Waals surface area contributed by atoms with Crippen LogP contribution in [0.5, 0.6) is 11.5 Å². The highest BCUT2D eigenvalue weighted by Crippen LogP contribution is 2.23. The van der Waals surface area contributed by atoms with Crippen LogP contribution in [0.4, 0.5) is 5.69 Å². The van der Waals surface area contributed by atoms with E-state index in [1.807, 2.05) is 19.1 Å². The molecule has 26 heavy (non-hydrogen) atoms. The van der Waals surface area contributed by atoms with Crippen LogP contribution in [0, 0.1) is 0 Å². The predicted molar refractivity (Wildman–Crippen MR) is 101 cm³/mol. The summed E-state index contributed by atoms with van der Waals surface area (Å²) >= 11 is 0. The van der Waals surface area contributed by atoms with Crippen molar-refractivity contribution >= 4 is 17.5 Å². The zero-order valence-corrected chi connectivity index (χ0v) is 15.3. The highest BCUT2D eigenvalue weighted by Gasteiger charge is 2.21. The molecule has 0 radical (unpaired) electrons. The Kier molecular flexibility index (Phi) is 7.02. The second kappa shape index (κ2) is 9.46. The molecule has 0 aromatic heterocycles. The fourth-order valence-electron chi connectivity index (χ4n) is 2.62. The minimum absolute atomic E-state index is 0.0528. The van der Waals surface area contributed by atoms with Gasteiger partial charge in [-0.2, -0.15) is 0 Å². The van der Waals surface area contributed by atoms with E-state index >= 15 is 0 Å². The SMILES string of the molecule is CCCN(CC(=O)Nc1ccccc1OC)C(=O)c1ccccc1OC. The first-order valence-corrected chi connectivity index (χ1v) is 8.45. The largest absolute Gasteiger partial charge is 0.496 e. The van der Waals surface area contributed by atoms with Crippen LogP contribution in [0.25, 0.3) is 0 Å². The molecule has 0 aliphatic carbocycles. The predicted octanol–water partition coefficient (Wildman–Crippen LogP) is 3.19. The quantitative estimate of drug-likeness (QED) is 0.789. The van der Waals surface area contributed by atoms with Gasteiger partial charge < -0.3 is 19.7 Å². The lowest BCUT2D eigenvalue weighted by atomic mass is 10.1. The summed E-state index contributed by atoms with van der Waals surface area (Å²) in [7, 11) is 3.06.